The molecule has 2 aliphatic heterocycles. The Morgan fingerprint density at radius 1 is 0.741 bits per heavy atom. The van der Waals surface area contributed by atoms with Gasteiger partial charge in [0, 0.05) is 12.8 Å². The first kappa shape index (κ1) is 18.0. The van der Waals surface area contributed by atoms with E-state index in [9.17, 15) is 0 Å². The quantitative estimate of drug-likeness (QED) is 0.770. The van der Waals surface area contributed by atoms with E-state index in [0.717, 1.165) is 47.0 Å². The van der Waals surface area contributed by atoms with Crippen LogP contribution in [0.2, 0.25) is 0 Å². The first-order chi connectivity index (χ1) is 13.1. The molecule has 0 fully saturated rings. The van der Waals surface area contributed by atoms with Crippen LogP contribution in [0.1, 0.15) is 50.0 Å². The number of hydrogen-bond acceptors (Lipinski definition) is 5. The van der Waals surface area contributed by atoms with Crippen molar-refractivity contribution in [2.24, 2.45) is 0 Å². The molecule has 0 N–H and O–H groups in total. The lowest BCUT2D eigenvalue weighted by Crippen LogP contribution is -2.29. The fourth-order valence-electron chi connectivity index (χ4n) is 4.06. The molecule has 144 valence electrons. The SMILES string of the molecule is COc1cccc2c1[C@H](O[C@@H]1C[C@H](C)Oc3cccc(OC)c31)C[C@H](C)O2. The Hall–Kier alpha value is -2.40. The van der Waals surface area contributed by atoms with Crippen molar-refractivity contribution in [3.63, 3.8) is 0 Å². The van der Waals surface area contributed by atoms with Gasteiger partial charge in [-0.2, -0.15) is 0 Å². The van der Waals surface area contributed by atoms with Crippen LogP contribution in [-0.4, -0.2) is 26.4 Å². The molecule has 0 saturated heterocycles. The third-order valence-corrected chi connectivity index (χ3v) is 5.21. The van der Waals surface area contributed by atoms with E-state index in [1.807, 2.05) is 36.4 Å². The van der Waals surface area contributed by atoms with E-state index in [4.69, 9.17) is 23.7 Å². The number of hydrogen-bond donors (Lipinski definition) is 0. The third kappa shape index (κ3) is 3.32. The highest BCUT2D eigenvalue weighted by Gasteiger charge is 2.36. The topological polar surface area (TPSA) is 46.2 Å². The van der Waals surface area contributed by atoms with E-state index in [1.165, 1.54) is 0 Å². The van der Waals surface area contributed by atoms with E-state index < -0.39 is 0 Å². The highest BCUT2D eigenvalue weighted by Crippen LogP contribution is 2.49. The normalized spacial score (nSPS) is 26.2. The summed E-state index contributed by atoms with van der Waals surface area (Å²) in [5, 5.41) is 0. The van der Waals surface area contributed by atoms with E-state index >= 15 is 0 Å². The van der Waals surface area contributed by atoms with Crippen molar-refractivity contribution in [3.8, 4) is 23.0 Å². The van der Waals surface area contributed by atoms with Crippen LogP contribution in [0, 0.1) is 0 Å². The lowest BCUT2D eigenvalue weighted by Gasteiger charge is -2.37. The molecule has 0 unspecified atom stereocenters. The Labute approximate surface area is 160 Å². The van der Waals surface area contributed by atoms with Gasteiger partial charge in [0.05, 0.1) is 49.8 Å². The molecule has 5 nitrogen and oxygen atoms in total. The van der Waals surface area contributed by atoms with Crippen LogP contribution in [0.15, 0.2) is 36.4 Å². The van der Waals surface area contributed by atoms with Crippen LogP contribution in [0.4, 0.5) is 0 Å². The van der Waals surface area contributed by atoms with Gasteiger partial charge in [-0.1, -0.05) is 12.1 Å². The highest BCUT2D eigenvalue weighted by molar-refractivity contribution is 5.49. The molecule has 4 rings (SSSR count). The zero-order valence-electron chi connectivity index (χ0n) is 16.2. The molecule has 2 heterocycles. The molecule has 0 saturated carbocycles. The minimum absolute atomic E-state index is 0.0732. The Morgan fingerprint density at radius 2 is 1.19 bits per heavy atom. The van der Waals surface area contributed by atoms with Gasteiger partial charge >= 0.3 is 0 Å². The summed E-state index contributed by atoms with van der Waals surface area (Å²) in [6, 6.07) is 11.8. The van der Waals surface area contributed by atoms with E-state index in [2.05, 4.69) is 13.8 Å². The van der Waals surface area contributed by atoms with Gasteiger partial charge in [0.15, 0.2) is 0 Å². The summed E-state index contributed by atoms with van der Waals surface area (Å²) in [6.45, 7) is 4.14. The van der Waals surface area contributed by atoms with E-state index in [0.29, 0.717) is 0 Å². The van der Waals surface area contributed by atoms with Crippen molar-refractivity contribution in [3.05, 3.63) is 47.5 Å². The summed E-state index contributed by atoms with van der Waals surface area (Å²) in [7, 11) is 3.36. The fourth-order valence-corrected chi connectivity index (χ4v) is 4.06. The van der Waals surface area contributed by atoms with Crippen LogP contribution >= 0.6 is 0 Å². The van der Waals surface area contributed by atoms with Gasteiger partial charge in [-0.05, 0) is 38.1 Å². The summed E-state index contributed by atoms with van der Waals surface area (Å²) in [6.07, 6.45) is 1.45. The Kier molecular flexibility index (Phi) is 4.87. The van der Waals surface area contributed by atoms with Crippen LogP contribution < -0.4 is 18.9 Å². The first-order valence-corrected chi connectivity index (χ1v) is 9.43. The van der Waals surface area contributed by atoms with Gasteiger partial charge < -0.3 is 23.7 Å². The number of rotatable bonds is 4. The van der Waals surface area contributed by atoms with Gasteiger partial charge in [0.2, 0.25) is 0 Å². The second-order valence-corrected chi connectivity index (χ2v) is 7.19. The Bertz CT molecular complexity index is 751. The third-order valence-electron chi connectivity index (χ3n) is 5.21. The molecule has 2 aromatic rings. The Morgan fingerprint density at radius 3 is 1.59 bits per heavy atom. The maximum Gasteiger partial charge on any atom is 0.129 e. The van der Waals surface area contributed by atoms with Gasteiger partial charge in [-0.3, -0.25) is 0 Å². The summed E-state index contributed by atoms with van der Waals surface area (Å²) < 4.78 is 29.9. The lowest BCUT2D eigenvalue weighted by molar-refractivity contribution is -0.0705. The van der Waals surface area contributed by atoms with Crippen LogP contribution in [0.25, 0.3) is 0 Å². The largest absolute Gasteiger partial charge is 0.496 e. The average molecular weight is 370 g/mol. The second kappa shape index (κ2) is 7.31. The van der Waals surface area contributed by atoms with Crippen molar-refractivity contribution in [2.45, 2.75) is 51.1 Å². The van der Waals surface area contributed by atoms with E-state index in [1.54, 1.807) is 14.2 Å². The average Bonchev–Trinajstić information content (AvgIpc) is 2.66. The van der Waals surface area contributed by atoms with Crippen molar-refractivity contribution >= 4 is 0 Å². The molecule has 0 bridgehead atoms. The van der Waals surface area contributed by atoms with Gasteiger partial charge in [0.1, 0.15) is 23.0 Å². The van der Waals surface area contributed by atoms with Crippen molar-refractivity contribution < 1.29 is 23.7 Å². The molecule has 0 radical (unpaired) electrons. The molecule has 0 aromatic heterocycles. The predicted octanol–water partition coefficient (Wildman–Crippen LogP) is 4.84. The van der Waals surface area contributed by atoms with Crippen LogP contribution in [0.5, 0.6) is 23.0 Å². The molecule has 0 spiro atoms. The molecule has 2 aromatic carbocycles. The monoisotopic (exact) mass is 370 g/mol. The highest BCUT2D eigenvalue weighted by atomic mass is 16.5. The molecular formula is C22H26O5. The molecule has 5 heteroatoms. The number of benzene rings is 2. The number of ether oxygens (including phenoxy) is 5. The Balaban J connectivity index is 1.72. The summed E-state index contributed by atoms with van der Waals surface area (Å²) >= 11 is 0. The standard InChI is InChI=1S/C22H26O5/c1-13-11-19(21-15(23-3)7-5-9-17(21)25-13)27-20-12-14(2)26-18-10-6-8-16(24-4)22(18)20/h5-10,13-14,19-20H,11-12H2,1-4H3/t13-,14-,19+,20+/m0/s1. The minimum Gasteiger partial charge on any atom is -0.496 e. The maximum absolute atomic E-state index is 6.69. The first-order valence-electron chi connectivity index (χ1n) is 9.43. The molecule has 27 heavy (non-hydrogen) atoms. The summed E-state index contributed by atoms with van der Waals surface area (Å²) in [5.74, 6) is 3.26. The number of fused-ring (bicyclic) bond motifs is 2. The van der Waals surface area contributed by atoms with Crippen LogP contribution in [-0.2, 0) is 4.74 Å². The second-order valence-electron chi connectivity index (χ2n) is 7.19. The zero-order chi connectivity index (χ0) is 19.0. The van der Waals surface area contributed by atoms with Crippen molar-refractivity contribution in [2.75, 3.05) is 14.2 Å². The lowest BCUT2D eigenvalue weighted by atomic mass is 9.95. The predicted molar refractivity (Wildman–Crippen MR) is 102 cm³/mol. The van der Waals surface area contributed by atoms with Gasteiger partial charge in [-0.25, -0.2) is 0 Å². The van der Waals surface area contributed by atoms with E-state index in [-0.39, 0.29) is 24.4 Å². The number of methoxy groups -OCH3 is 2. The molecule has 0 amide bonds. The van der Waals surface area contributed by atoms with Crippen molar-refractivity contribution in [1.29, 1.82) is 0 Å². The summed E-state index contributed by atoms with van der Waals surface area (Å²) in [4.78, 5) is 0. The molecule has 0 aliphatic carbocycles. The smallest absolute Gasteiger partial charge is 0.129 e. The molecular weight excluding hydrogens is 344 g/mol. The van der Waals surface area contributed by atoms with Crippen LogP contribution in [0.3, 0.4) is 0 Å². The van der Waals surface area contributed by atoms with Crippen molar-refractivity contribution in [1.82, 2.24) is 0 Å². The maximum atomic E-state index is 6.69. The summed E-state index contributed by atoms with van der Waals surface area (Å²) in [5.41, 5.74) is 1.96. The zero-order valence-corrected chi connectivity index (χ0v) is 16.2. The van der Waals surface area contributed by atoms with Gasteiger partial charge in [0.25, 0.3) is 0 Å². The molecule has 2 aliphatic rings. The minimum atomic E-state index is -0.118. The molecule has 4 atom stereocenters. The fraction of sp³-hybridized carbons (Fsp3) is 0.455. The van der Waals surface area contributed by atoms with Gasteiger partial charge in [-0.15, -0.1) is 0 Å².